The van der Waals surface area contributed by atoms with Gasteiger partial charge in [-0.25, -0.2) is 4.68 Å². The first kappa shape index (κ1) is 14.9. The molecule has 23 heavy (non-hydrogen) atoms. The summed E-state index contributed by atoms with van der Waals surface area (Å²) in [7, 11) is 1.60. The van der Waals surface area contributed by atoms with Gasteiger partial charge in [-0.1, -0.05) is 0 Å². The molecule has 0 unspecified atom stereocenters. The lowest BCUT2D eigenvalue weighted by Crippen LogP contribution is -2.19. The molecule has 3 aromatic rings. The third-order valence-corrected chi connectivity index (χ3v) is 3.38. The highest BCUT2D eigenvalue weighted by Crippen LogP contribution is 2.25. The smallest absolute Gasteiger partial charge is 0.275 e. The Labute approximate surface area is 131 Å². The fraction of sp³-hybridized carbons (Fsp3) is 0.267. The van der Waals surface area contributed by atoms with Crippen LogP contribution in [0.15, 0.2) is 39.7 Å². The number of aromatic amines is 1. The molecule has 3 heterocycles. The molecule has 2 N–H and O–H groups in total. The molecule has 3 rings (SSSR count). The summed E-state index contributed by atoms with van der Waals surface area (Å²) < 4.78 is 8.41. The van der Waals surface area contributed by atoms with Gasteiger partial charge < -0.3 is 9.73 Å². The fourth-order valence-electron chi connectivity index (χ4n) is 2.30. The number of carbonyl (C=O) groups excluding carboxylic acids is 1. The van der Waals surface area contributed by atoms with Crippen molar-refractivity contribution in [3.63, 3.8) is 0 Å². The summed E-state index contributed by atoms with van der Waals surface area (Å²) >= 11 is 0. The summed E-state index contributed by atoms with van der Waals surface area (Å²) in [6, 6.07) is 6.61. The Balaban J connectivity index is 1.94. The molecule has 0 atom stereocenters. The van der Waals surface area contributed by atoms with Crippen LogP contribution in [-0.4, -0.2) is 25.5 Å². The molecule has 0 saturated heterocycles. The van der Waals surface area contributed by atoms with Gasteiger partial charge in [-0.15, -0.1) is 0 Å². The number of amides is 1. The van der Waals surface area contributed by atoms with Crippen molar-refractivity contribution in [2.75, 3.05) is 5.32 Å². The Morgan fingerprint density at radius 2 is 2.17 bits per heavy atom. The second kappa shape index (κ2) is 5.64. The van der Waals surface area contributed by atoms with Crippen molar-refractivity contribution in [2.45, 2.75) is 19.9 Å². The maximum atomic E-state index is 12.4. The first-order valence-corrected chi connectivity index (χ1v) is 7.16. The molecule has 0 bridgehead atoms. The van der Waals surface area contributed by atoms with Gasteiger partial charge in [0.05, 0.1) is 6.26 Å². The van der Waals surface area contributed by atoms with Gasteiger partial charge >= 0.3 is 0 Å². The number of aryl methyl sites for hydroxylation is 1. The molecular weight excluding hydrogens is 298 g/mol. The molecule has 0 aromatic carbocycles. The van der Waals surface area contributed by atoms with E-state index in [1.807, 2.05) is 13.8 Å². The van der Waals surface area contributed by atoms with Crippen LogP contribution in [0.4, 0.5) is 5.82 Å². The topological polar surface area (TPSA) is 97.8 Å². The summed E-state index contributed by atoms with van der Waals surface area (Å²) in [5.74, 6) is 0.762. The second-order valence-corrected chi connectivity index (χ2v) is 5.45. The van der Waals surface area contributed by atoms with Crippen molar-refractivity contribution in [1.82, 2.24) is 19.6 Å². The van der Waals surface area contributed by atoms with E-state index in [0.29, 0.717) is 17.3 Å². The van der Waals surface area contributed by atoms with Crippen LogP contribution in [0.3, 0.4) is 0 Å². The number of aromatic nitrogens is 4. The molecule has 3 aromatic heterocycles. The average molecular weight is 315 g/mol. The number of hydrogen-bond acceptors (Lipinski definition) is 4. The van der Waals surface area contributed by atoms with Crippen LogP contribution < -0.4 is 10.9 Å². The van der Waals surface area contributed by atoms with Gasteiger partial charge in [0.1, 0.15) is 17.2 Å². The summed E-state index contributed by atoms with van der Waals surface area (Å²) in [6.45, 7) is 3.92. The lowest BCUT2D eigenvalue weighted by atomic mass is 10.3. The highest BCUT2D eigenvalue weighted by Gasteiger charge is 2.18. The van der Waals surface area contributed by atoms with Crippen molar-refractivity contribution < 1.29 is 9.21 Å². The fourth-order valence-corrected chi connectivity index (χ4v) is 2.30. The van der Waals surface area contributed by atoms with E-state index in [1.165, 1.54) is 10.7 Å². The Bertz CT molecular complexity index is 883. The van der Waals surface area contributed by atoms with Crippen LogP contribution >= 0.6 is 0 Å². The number of hydrogen-bond donors (Lipinski definition) is 2. The van der Waals surface area contributed by atoms with Gasteiger partial charge in [0.2, 0.25) is 0 Å². The molecule has 0 aliphatic carbocycles. The minimum Gasteiger partial charge on any atom is -0.463 e. The number of anilines is 1. The monoisotopic (exact) mass is 315 g/mol. The molecule has 0 aliphatic heterocycles. The van der Waals surface area contributed by atoms with Crippen molar-refractivity contribution in [3.8, 4) is 11.5 Å². The molecule has 0 saturated carbocycles. The number of nitrogens with zero attached hydrogens (tertiary/aromatic N) is 3. The number of rotatable bonds is 4. The first-order chi connectivity index (χ1) is 11.0. The predicted octanol–water partition coefficient (Wildman–Crippen LogP) is 2.00. The number of furan rings is 1. The molecule has 0 spiro atoms. The van der Waals surface area contributed by atoms with E-state index in [2.05, 4.69) is 15.5 Å². The Hall–Kier alpha value is -3.03. The molecule has 0 aliphatic rings. The quantitative estimate of drug-likeness (QED) is 0.769. The highest BCUT2D eigenvalue weighted by atomic mass is 16.3. The lowest BCUT2D eigenvalue weighted by Gasteiger charge is -2.11. The molecule has 8 heteroatoms. The largest absolute Gasteiger partial charge is 0.463 e. The summed E-state index contributed by atoms with van der Waals surface area (Å²) in [5, 5.41) is 9.75. The summed E-state index contributed by atoms with van der Waals surface area (Å²) in [6.07, 6.45) is 1.57. The Morgan fingerprint density at radius 1 is 1.39 bits per heavy atom. The average Bonchev–Trinajstić information content (AvgIpc) is 3.17. The highest BCUT2D eigenvalue weighted by molar-refractivity contribution is 6.02. The Morgan fingerprint density at radius 3 is 2.74 bits per heavy atom. The van der Waals surface area contributed by atoms with Crippen LogP contribution in [0.2, 0.25) is 0 Å². The van der Waals surface area contributed by atoms with Crippen molar-refractivity contribution >= 4 is 11.7 Å². The van der Waals surface area contributed by atoms with E-state index in [0.717, 1.165) is 0 Å². The predicted molar refractivity (Wildman–Crippen MR) is 84.3 cm³/mol. The summed E-state index contributed by atoms with van der Waals surface area (Å²) in [5.41, 5.74) is 0.541. The number of carbonyl (C=O) groups is 1. The minimum atomic E-state index is -0.390. The van der Waals surface area contributed by atoms with Gasteiger partial charge in [-0.3, -0.25) is 19.4 Å². The third-order valence-electron chi connectivity index (χ3n) is 3.38. The Kier molecular flexibility index (Phi) is 3.65. The standard InChI is InChI=1S/C15H17N5O3/c1-9(2)20-13(7-10(17-20)12-5-4-6-23-12)16-15(22)11-8-14(21)18-19(11)3/h4-9H,1-3H3,(H,16,22)(H,18,21). The normalized spacial score (nSPS) is 11.1. The van der Waals surface area contributed by atoms with E-state index in [1.54, 1.807) is 36.2 Å². The SMILES string of the molecule is CC(C)n1nc(-c2ccco2)cc1NC(=O)c1cc(=O)[nH]n1C. The zero-order valence-corrected chi connectivity index (χ0v) is 13.0. The van der Waals surface area contributed by atoms with Gasteiger partial charge in [0.25, 0.3) is 11.5 Å². The number of H-pyrrole nitrogens is 1. The van der Waals surface area contributed by atoms with Crippen LogP contribution in [0.1, 0.15) is 30.4 Å². The maximum absolute atomic E-state index is 12.4. The first-order valence-electron chi connectivity index (χ1n) is 7.16. The zero-order chi connectivity index (χ0) is 16.6. The van der Waals surface area contributed by atoms with Crippen LogP contribution in [-0.2, 0) is 7.05 Å². The van der Waals surface area contributed by atoms with E-state index in [9.17, 15) is 9.59 Å². The molecule has 0 fully saturated rings. The van der Waals surface area contributed by atoms with Gasteiger partial charge in [0.15, 0.2) is 5.76 Å². The molecule has 8 nitrogen and oxygen atoms in total. The van der Waals surface area contributed by atoms with Crippen molar-refractivity contribution in [3.05, 3.63) is 46.6 Å². The van der Waals surface area contributed by atoms with Crippen LogP contribution in [0, 0.1) is 0 Å². The number of nitrogens with one attached hydrogen (secondary N) is 2. The third kappa shape index (κ3) is 2.83. The maximum Gasteiger partial charge on any atom is 0.275 e. The van der Waals surface area contributed by atoms with Gasteiger partial charge in [-0.05, 0) is 26.0 Å². The van der Waals surface area contributed by atoms with Crippen LogP contribution in [0.5, 0.6) is 0 Å². The van der Waals surface area contributed by atoms with Crippen molar-refractivity contribution in [1.29, 1.82) is 0 Å². The summed E-state index contributed by atoms with van der Waals surface area (Å²) in [4.78, 5) is 23.7. The van der Waals surface area contributed by atoms with E-state index < -0.39 is 5.91 Å². The van der Waals surface area contributed by atoms with Crippen molar-refractivity contribution in [2.24, 2.45) is 7.05 Å². The van der Waals surface area contributed by atoms with E-state index in [4.69, 9.17) is 4.42 Å². The lowest BCUT2D eigenvalue weighted by molar-refractivity contribution is 0.101. The molecular formula is C15H17N5O3. The molecule has 0 radical (unpaired) electrons. The van der Waals surface area contributed by atoms with Crippen LogP contribution in [0.25, 0.3) is 11.5 Å². The van der Waals surface area contributed by atoms with Gasteiger partial charge in [0, 0.05) is 25.2 Å². The zero-order valence-electron chi connectivity index (χ0n) is 13.0. The second-order valence-electron chi connectivity index (χ2n) is 5.45. The minimum absolute atomic E-state index is 0.0454. The van der Waals surface area contributed by atoms with E-state index in [-0.39, 0.29) is 17.3 Å². The molecule has 120 valence electrons. The van der Waals surface area contributed by atoms with Gasteiger partial charge in [-0.2, -0.15) is 5.10 Å². The molecule has 1 amide bonds. The van der Waals surface area contributed by atoms with E-state index >= 15 is 0 Å².